The van der Waals surface area contributed by atoms with E-state index in [9.17, 15) is 8.42 Å². The maximum atomic E-state index is 10.5. The van der Waals surface area contributed by atoms with Gasteiger partial charge in [0.2, 0.25) is 0 Å². The Morgan fingerprint density at radius 1 is 0.688 bits per heavy atom. The van der Waals surface area contributed by atoms with E-state index in [0.29, 0.717) is 6.42 Å². The molecule has 0 bridgehead atoms. The van der Waals surface area contributed by atoms with Gasteiger partial charge in [0.05, 0.1) is 18.8 Å². The van der Waals surface area contributed by atoms with Crippen LogP contribution in [0.4, 0.5) is 0 Å². The van der Waals surface area contributed by atoms with Crippen molar-refractivity contribution in [2.45, 2.75) is 154 Å². The number of rotatable bonds is 21. The Balaban J connectivity index is 2.35. The molecular formula is C25H50O6S. The lowest BCUT2D eigenvalue weighted by Gasteiger charge is -2.27. The first-order valence-electron chi connectivity index (χ1n) is 13.3. The molecule has 1 N–H and O–H groups in total. The lowest BCUT2D eigenvalue weighted by molar-refractivity contribution is -0.186. The van der Waals surface area contributed by atoms with Crippen LogP contribution in [0.5, 0.6) is 0 Å². The second-order valence-electron chi connectivity index (χ2n) is 9.44. The Morgan fingerprint density at radius 2 is 1.12 bits per heavy atom. The van der Waals surface area contributed by atoms with Gasteiger partial charge in [-0.1, -0.05) is 104 Å². The summed E-state index contributed by atoms with van der Waals surface area (Å²) in [6.07, 6.45) is 20.6. The van der Waals surface area contributed by atoms with Gasteiger partial charge in [-0.25, -0.2) is 4.18 Å². The quantitative estimate of drug-likeness (QED) is 0.137. The summed E-state index contributed by atoms with van der Waals surface area (Å²) in [5.41, 5.74) is 0. The molecule has 0 aliphatic carbocycles. The molecule has 1 aliphatic rings. The summed E-state index contributed by atoms with van der Waals surface area (Å²) in [5, 5.41) is 0. The Bertz CT molecular complexity index is 545. The minimum absolute atomic E-state index is 0.0587. The third-order valence-electron chi connectivity index (χ3n) is 6.37. The molecule has 6 nitrogen and oxygen atoms in total. The van der Waals surface area contributed by atoms with Gasteiger partial charge >= 0.3 is 10.4 Å². The van der Waals surface area contributed by atoms with Gasteiger partial charge in [-0.3, -0.25) is 4.55 Å². The average molecular weight is 479 g/mol. The molecule has 1 heterocycles. The fourth-order valence-electron chi connectivity index (χ4n) is 4.79. The van der Waals surface area contributed by atoms with E-state index in [1.54, 1.807) is 0 Å². The van der Waals surface area contributed by atoms with Crippen molar-refractivity contribution in [3.63, 3.8) is 0 Å². The smallest absolute Gasteiger partial charge is 0.344 e. The minimum Gasteiger partial charge on any atom is -0.344 e. The third-order valence-corrected chi connectivity index (χ3v) is 6.83. The van der Waals surface area contributed by atoms with Crippen LogP contribution in [0.25, 0.3) is 0 Å². The summed E-state index contributed by atoms with van der Waals surface area (Å²) in [5.74, 6) is -0.367. The van der Waals surface area contributed by atoms with Crippen LogP contribution in [0.1, 0.15) is 136 Å². The van der Waals surface area contributed by atoms with Gasteiger partial charge in [-0.15, -0.1) is 0 Å². The van der Waals surface area contributed by atoms with Crippen LogP contribution < -0.4 is 0 Å². The second-order valence-corrected chi connectivity index (χ2v) is 10.5. The highest BCUT2D eigenvalue weighted by molar-refractivity contribution is 7.80. The predicted molar refractivity (Wildman–Crippen MR) is 130 cm³/mol. The van der Waals surface area contributed by atoms with E-state index in [1.165, 1.54) is 38.5 Å². The predicted octanol–water partition coefficient (Wildman–Crippen LogP) is 7.37. The SMILES string of the molecule is CCCCCCCC[C@@H]1OC(CCC)(CCC)O[C@H]1CCCCCCCCOS(=O)(=O)O. The first-order valence-corrected chi connectivity index (χ1v) is 14.7. The summed E-state index contributed by atoms with van der Waals surface area (Å²) in [6.45, 7) is 6.74. The van der Waals surface area contributed by atoms with Crippen molar-refractivity contribution in [3.8, 4) is 0 Å². The molecule has 1 aliphatic heterocycles. The lowest BCUT2D eigenvalue weighted by Crippen LogP contribution is -2.30. The highest BCUT2D eigenvalue weighted by atomic mass is 32.3. The molecule has 1 saturated heterocycles. The van der Waals surface area contributed by atoms with Gasteiger partial charge in [0, 0.05) is 12.8 Å². The van der Waals surface area contributed by atoms with Crippen LogP contribution in [0, 0.1) is 0 Å². The largest absolute Gasteiger partial charge is 0.397 e. The van der Waals surface area contributed by atoms with E-state index in [1.807, 2.05) is 0 Å². The van der Waals surface area contributed by atoms with Crippen LogP contribution >= 0.6 is 0 Å². The van der Waals surface area contributed by atoms with Gasteiger partial charge in [0.25, 0.3) is 0 Å². The van der Waals surface area contributed by atoms with Crippen molar-refractivity contribution in [2.24, 2.45) is 0 Å². The standard InChI is InChI=1S/C25H50O6S/c1-4-7-8-9-12-15-18-23-24(31-25(30-23,20-5-2)21-6-3)19-16-13-10-11-14-17-22-29-32(26,27)28/h23-24H,4-22H2,1-3H3,(H,26,27,28)/t23-,24-/m0/s1. The molecule has 0 aromatic rings. The molecule has 0 radical (unpaired) electrons. The molecule has 1 rings (SSSR count). The molecule has 0 saturated carbocycles. The molecule has 0 spiro atoms. The van der Waals surface area contributed by atoms with Crippen LogP contribution in [-0.4, -0.2) is 37.6 Å². The highest BCUT2D eigenvalue weighted by Crippen LogP contribution is 2.40. The molecule has 0 unspecified atom stereocenters. The monoisotopic (exact) mass is 478 g/mol. The Kier molecular flexibility index (Phi) is 16.1. The van der Waals surface area contributed by atoms with E-state index in [-0.39, 0.29) is 24.6 Å². The average Bonchev–Trinajstić information content (AvgIpc) is 3.06. The Hall–Kier alpha value is -0.210. The van der Waals surface area contributed by atoms with Crippen molar-refractivity contribution in [1.29, 1.82) is 0 Å². The summed E-state index contributed by atoms with van der Waals surface area (Å²) < 4.78 is 47.2. The van der Waals surface area contributed by atoms with Gasteiger partial charge in [0.15, 0.2) is 5.79 Å². The van der Waals surface area contributed by atoms with Gasteiger partial charge in [-0.05, 0) is 19.3 Å². The number of unbranched alkanes of at least 4 members (excludes halogenated alkanes) is 10. The number of hydrogen-bond donors (Lipinski definition) is 1. The van der Waals surface area contributed by atoms with Gasteiger partial charge < -0.3 is 9.47 Å². The van der Waals surface area contributed by atoms with E-state index < -0.39 is 10.4 Å². The van der Waals surface area contributed by atoms with Crippen molar-refractivity contribution < 1.29 is 26.6 Å². The summed E-state index contributed by atoms with van der Waals surface area (Å²) in [4.78, 5) is 0. The molecule has 0 aromatic heterocycles. The fourth-order valence-corrected chi connectivity index (χ4v) is 5.12. The summed E-state index contributed by atoms with van der Waals surface area (Å²) in [6, 6.07) is 0. The Morgan fingerprint density at radius 3 is 1.56 bits per heavy atom. The molecular weight excluding hydrogens is 428 g/mol. The second kappa shape index (κ2) is 17.3. The molecule has 0 aromatic carbocycles. The molecule has 32 heavy (non-hydrogen) atoms. The molecule has 192 valence electrons. The highest BCUT2D eigenvalue weighted by Gasteiger charge is 2.45. The molecule has 1 fully saturated rings. The van der Waals surface area contributed by atoms with Crippen molar-refractivity contribution >= 4 is 10.4 Å². The fraction of sp³-hybridized carbons (Fsp3) is 1.00. The maximum absolute atomic E-state index is 10.5. The summed E-state index contributed by atoms with van der Waals surface area (Å²) in [7, 11) is -4.30. The van der Waals surface area contributed by atoms with Crippen LogP contribution in [-0.2, 0) is 24.1 Å². The Labute approximate surface area is 198 Å². The normalized spacial score (nSPS) is 20.8. The molecule has 2 atom stereocenters. The number of hydrogen-bond acceptors (Lipinski definition) is 5. The minimum atomic E-state index is -4.30. The van der Waals surface area contributed by atoms with Crippen LogP contribution in [0.3, 0.4) is 0 Å². The number of ether oxygens (including phenoxy) is 2. The maximum Gasteiger partial charge on any atom is 0.397 e. The van der Waals surface area contributed by atoms with Crippen molar-refractivity contribution in [3.05, 3.63) is 0 Å². The van der Waals surface area contributed by atoms with Crippen molar-refractivity contribution in [2.75, 3.05) is 6.61 Å². The van der Waals surface area contributed by atoms with Crippen LogP contribution in [0.15, 0.2) is 0 Å². The van der Waals surface area contributed by atoms with E-state index in [4.69, 9.17) is 14.0 Å². The van der Waals surface area contributed by atoms with E-state index in [0.717, 1.165) is 70.6 Å². The molecule has 7 heteroatoms. The first kappa shape index (κ1) is 29.8. The zero-order valence-electron chi connectivity index (χ0n) is 21.0. The zero-order valence-corrected chi connectivity index (χ0v) is 21.8. The van der Waals surface area contributed by atoms with Crippen LogP contribution in [0.2, 0.25) is 0 Å². The van der Waals surface area contributed by atoms with Crippen molar-refractivity contribution in [1.82, 2.24) is 0 Å². The third kappa shape index (κ3) is 13.5. The topological polar surface area (TPSA) is 82.1 Å². The van der Waals surface area contributed by atoms with E-state index >= 15 is 0 Å². The first-order chi connectivity index (χ1) is 15.4. The zero-order chi connectivity index (χ0) is 23.7. The lowest BCUT2D eigenvalue weighted by atomic mass is 9.99. The van der Waals surface area contributed by atoms with Gasteiger partial charge in [-0.2, -0.15) is 8.42 Å². The van der Waals surface area contributed by atoms with Gasteiger partial charge in [0.1, 0.15) is 0 Å². The summed E-state index contributed by atoms with van der Waals surface area (Å²) >= 11 is 0. The molecule has 0 amide bonds. The van der Waals surface area contributed by atoms with E-state index in [2.05, 4.69) is 25.0 Å².